The second-order valence-electron chi connectivity index (χ2n) is 4.94. The molecule has 0 atom stereocenters. The normalized spacial score (nSPS) is 16.8. The average molecular weight is 324 g/mol. The molecule has 18 heavy (non-hydrogen) atoms. The van der Waals surface area contributed by atoms with Gasteiger partial charge in [-0.1, -0.05) is 34.1 Å². The minimum Gasteiger partial charge on any atom is -0.396 e. The van der Waals surface area contributed by atoms with E-state index in [1.165, 1.54) is 0 Å². The molecule has 0 radical (unpaired) electrons. The number of aliphatic hydroxyl groups is 1. The number of rotatable bonds is 4. The van der Waals surface area contributed by atoms with E-state index in [0.29, 0.717) is 0 Å². The highest BCUT2D eigenvalue weighted by atomic mass is 79.9. The number of hydrogen-bond donors (Lipinski definition) is 1. The van der Waals surface area contributed by atoms with Crippen LogP contribution in [0.3, 0.4) is 0 Å². The summed E-state index contributed by atoms with van der Waals surface area (Å²) in [5.41, 5.74) is 2.30. The van der Waals surface area contributed by atoms with Gasteiger partial charge in [0.05, 0.1) is 10.7 Å². The zero-order valence-corrected chi connectivity index (χ0v) is 12.3. The maximum absolute atomic E-state index is 9.36. The molecule has 1 heterocycles. The van der Waals surface area contributed by atoms with Crippen LogP contribution >= 0.6 is 27.3 Å². The highest BCUT2D eigenvalue weighted by Crippen LogP contribution is 2.48. The summed E-state index contributed by atoms with van der Waals surface area (Å²) in [5, 5.41) is 12.6. The number of benzene rings is 1. The van der Waals surface area contributed by atoms with E-state index >= 15 is 0 Å². The second-order valence-corrected chi connectivity index (χ2v) is 6.74. The first-order chi connectivity index (χ1) is 8.72. The molecule has 94 valence electrons. The Morgan fingerprint density at radius 3 is 2.78 bits per heavy atom. The van der Waals surface area contributed by atoms with Gasteiger partial charge in [0.15, 0.2) is 0 Å². The summed E-state index contributed by atoms with van der Waals surface area (Å²) in [6, 6.07) is 8.13. The lowest BCUT2D eigenvalue weighted by molar-refractivity contribution is 0.211. The van der Waals surface area contributed by atoms with E-state index < -0.39 is 0 Å². The maximum Gasteiger partial charge on any atom is 0.0939 e. The van der Waals surface area contributed by atoms with E-state index in [1.807, 2.05) is 18.2 Å². The van der Waals surface area contributed by atoms with Crippen molar-refractivity contribution in [2.75, 3.05) is 6.61 Å². The van der Waals surface area contributed by atoms with Crippen molar-refractivity contribution in [3.05, 3.63) is 39.1 Å². The molecule has 0 unspecified atom stereocenters. The predicted octanol–water partition coefficient (Wildman–Crippen LogP) is 3.89. The fourth-order valence-corrected chi connectivity index (χ4v) is 3.53. The van der Waals surface area contributed by atoms with Crippen molar-refractivity contribution in [1.29, 1.82) is 0 Å². The first-order valence-corrected chi connectivity index (χ1v) is 7.70. The maximum atomic E-state index is 9.36. The van der Waals surface area contributed by atoms with Gasteiger partial charge in [0.1, 0.15) is 0 Å². The Morgan fingerprint density at radius 1 is 1.33 bits per heavy atom. The molecule has 3 rings (SSSR count). The largest absolute Gasteiger partial charge is 0.396 e. The van der Waals surface area contributed by atoms with Crippen LogP contribution in [0.2, 0.25) is 0 Å². The van der Waals surface area contributed by atoms with Gasteiger partial charge in [-0.25, -0.2) is 4.98 Å². The fourth-order valence-electron chi connectivity index (χ4n) is 2.07. The second kappa shape index (κ2) is 4.76. The van der Waals surface area contributed by atoms with Crippen molar-refractivity contribution in [1.82, 2.24) is 4.98 Å². The SMILES string of the molecule is OCC1(Cc2nc(-c3ccccc3Br)cs2)CC1. The van der Waals surface area contributed by atoms with Crippen LogP contribution in [-0.4, -0.2) is 16.7 Å². The van der Waals surface area contributed by atoms with E-state index in [1.54, 1.807) is 11.3 Å². The Balaban J connectivity index is 1.84. The summed E-state index contributed by atoms with van der Waals surface area (Å²) in [6.07, 6.45) is 3.18. The molecule has 0 bridgehead atoms. The average Bonchev–Trinajstić information content (AvgIpc) is 3.00. The van der Waals surface area contributed by atoms with Crippen LogP contribution in [0.4, 0.5) is 0 Å². The van der Waals surface area contributed by atoms with Crippen molar-refractivity contribution < 1.29 is 5.11 Å². The topological polar surface area (TPSA) is 33.1 Å². The molecule has 1 aliphatic carbocycles. The van der Waals surface area contributed by atoms with Gasteiger partial charge >= 0.3 is 0 Å². The quantitative estimate of drug-likeness (QED) is 0.926. The summed E-state index contributed by atoms with van der Waals surface area (Å²) in [5.74, 6) is 0. The van der Waals surface area contributed by atoms with Crippen molar-refractivity contribution in [2.24, 2.45) is 5.41 Å². The molecule has 1 aromatic carbocycles. The molecule has 1 saturated carbocycles. The molecule has 1 fully saturated rings. The summed E-state index contributed by atoms with van der Waals surface area (Å²) in [4.78, 5) is 4.69. The number of thiazole rings is 1. The first kappa shape index (κ1) is 12.3. The molecule has 0 spiro atoms. The van der Waals surface area contributed by atoms with Gasteiger partial charge in [-0.3, -0.25) is 0 Å². The molecule has 0 saturated heterocycles. The predicted molar refractivity (Wildman–Crippen MR) is 77.7 cm³/mol. The Bertz CT molecular complexity index is 562. The zero-order chi connectivity index (χ0) is 12.6. The van der Waals surface area contributed by atoms with Gasteiger partial charge in [0, 0.05) is 28.4 Å². The molecule has 1 aromatic heterocycles. The number of hydrogen-bond acceptors (Lipinski definition) is 3. The highest BCUT2D eigenvalue weighted by molar-refractivity contribution is 9.10. The number of nitrogens with zero attached hydrogens (tertiary/aromatic N) is 1. The highest BCUT2D eigenvalue weighted by Gasteiger charge is 2.42. The summed E-state index contributed by atoms with van der Waals surface area (Å²) in [7, 11) is 0. The van der Waals surface area contributed by atoms with E-state index in [2.05, 4.69) is 27.4 Å². The summed E-state index contributed by atoms with van der Waals surface area (Å²) in [6.45, 7) is 0.289. The van der Waals surface area contributed by atoms with Crippen LogP contribution in [0.1, 0.15) is 17.8 Å². The lowest BCUT2D eigenvalue weighted by Gasteiger charge is -2.07. The molecule has 2 aromatic rings. The summed E-state index contributed by atoms with van der Waals surface area (Å²) >= 11 is 5.25. The number of aromatic nitrogens is 1. The first-order valence-electron chi connectivity index (χ1n) is 6.03. The van der Waals surface area contributed by atoms with Crippen LogP contribution in [0.5, 0.6) is 0 Å². The summed E-state index contributed by atoms with van der Waals surface area (Å²) < 4.78 is 1.07. The van der Waals surface area contributed by atoms with Crippen LogP contribution in [-0.2, 0) is 6.42 Å². The molecule has 1 aliphatic rings. The minimum absolute atomic E-state index is 0.142. The zero-order valence-electron chi connectivity index (χ0n) is 9.90. The molecule has 1 N–H and O–H groups in total. The van der Waals surface area contributed by atoms with Gasteiger partial charge in [-0.05, 0) is 24.3 Å². The Kier molecular flexibility index (Phi) is 3.26. The van der Waals surface area contributed by atoms with E-state index in [4.69, 9.17) is 4.98 Å². The van der Waals surface area contributed by atoms with Crippen LogP contribution in [0, 0.1) is 5.41 Å². The van der Waals surface area contributed by atoms with E-state index in [9.17, 15) is 5.11 Å². The van der Waals surface area contributed by atoms with Crippen LogP contribution < -0.4 is 0 Å². The van der Waals surface area contributed by atoms with Gasteiger partial charge in [-0.15, -0.1) is 11.3 Å². The van der Waals surface area contributed by atoms with Crippen molar-refractivity contribution >= 4 is 27.3 Å². The van der Waals surface area contributed by atoms with E-state index in [0.717, 1.165) is 40.0 Å². The monoisotopic (exact) mass is 323 g/mol. The van der Waals surface area contributed by atoms with Gasteiger partial charge in [0.25, 0.3) is 0 Å². The lowest BCUT2D eigenvalue weighted by Crippen LogP contribution is -2.09. The molecule has 0 aliphatic heterocycles. The Labute approximate surface area is 119 Å². The van der Waals surface area contributed by atoms with Gasteiger partial charge in [-0.2, -0.15) is 0 Å². The van der Waals surface area contributed by atoms with Crippen molar-refractivity contribution in [2.45, 2.75) is 19.3 Å². The molecule has 2 nitrogen and oxygen atoms in total. The molecular formula is C14H14BrNOS. The molecule has 4 heteroatoms. The molecule has 0 amide bonds. The third-order valence-corrected chi connectivity index (χ3v) is 5.06. The standard InChI is InChI=1S/C14H14BrNOS/c15-11-4-2-1-3-10(11)12-8-18-13(16-12)7-14(9-17)5-6-14/h1-4,8,17H,5-7,9H2. The Hall–Kier alpha value is -0.710. The Morgan fingerprint density at radius 2 is 2.11 bits per heavy atom. The number of aliphatic hydroxyl groups excluding tert-OH is 1. The third kappa shape index (κ3) is 2.37. The lowest BCUT2D eigenvalue weighted by atomic mass is 10.1. The smallest absolute Gasteiger partial charge is 0.0939 e. The van der Waals surface area contributed by atoms with Gasteiger partial charge < -0.3 is 5.11 Å². The number of halogens is 1. The van der Waals surface area contributed by atoms with Gasteiger partial charge in [0.2, 0.25) is 0 Å². The fraction of sp³-hybridized carbons (Fsp3) is 0.357. The third-order valence-electron chi connectivity index (χ3n) is 3.52. The van der Waals surface area contributed by atoms with Crippen LogP contribution in [0.15, 0.2) is 34.1 Å². The van der Waals surface area contributed by atoms with Crippen molar-refractivity contribution in [3.63, 3.8) is 0 Å². The minimum atomic E-state index is 0.142. The molecular weight excluding hydrogens is 310 g/mol. The van der Waals surface area contributed by atoms with Crippen molar-refractivity contribution in [3.8, 4) is 11.3 Å². The van der Waals surface area contributed by atoms with Crippen LogP contribution in [0.25, 0.3) is 11.3 Å². The van der Waals surface area contributed by atoms with E-state index in [-0.39, 0.29) is 12.0 Å².